The molecule has 8 heteroatoms. The number of ether oxygens (including phenoxy) is 1. The molecule has 4 heterocycles. The average Bonchev–Trinajstić information content (AvgIpc) is 3.00. The number of rotatable bonds is 5. The number of fused-ring (bicyclic) bond motifs is 3. The second-order valence-electron chi connectivity index (χ2n) is 8.90. The van der Waals surface area contributed by atoms with Gasteiger partial charge in [0.1, 0.15) is 17.2 Å². The van der Waals surface area contributed by atoms with Crippen molar-refractivity contribution in [2.45, 2.75) is 45.2 Å². The lowest BCUT2D eigenvalue weighted by Crippen LogP contribution is -2.43. The van der Waals surface area contributed by atoms with E-state index in [0.717, 1.165) is 61.6 Å². The molecule has 0 radical (unpaired) electrons. The van der Waals surface area contributed by atoms with Crippen molar-refractivity contribution in [3.63, 3.8) is 0 Å². The van der Waals surface area contributed by atoms with E-state index in [-0.39, 0.29) is 17.8 Å². The first kappa shape index (κ1) is 22.0. The average molecular weight is 452 g/mol. The second-order valence-corrected chi connectivity index (χ2v) is 8.90. The van der Waals surface area contributed by atoms with E-state index in [1.54, 1.807) is 12.1 Å². The van der Waals surface area contributed by atoms with Crippen LogP contribution in [0.15, 0.2) is 30.3 Å². The summed E-state index contributed by atoms with van der Waals surface area (Å²) in [7, 11) is 0. The summed E-state index contributed by atoms with van der Waals surface area (Å²) in [5.41, 5.74) is 3.67. The lowest BCUT2D eigenvalue weighted by Gasteiger charge is -2.35. The van der Waals surface area contributed by atoms with Crippen LogP contribution in [0.3, 0.4) is 0 Å². The molecule has 2 aliphatic heterocycles. The quantitative estimate of drug-likeness (QED) is 0.644. The summed E-state index contributed by atoms with van der Waals surface area (Å²) in [5.74, 6) is 0.567. The molecule has 0 aliphatic carbocycles. The molecule has 1 aromatic carbocycles. The van der Waals surface area contributed by atoms with Crippen molar-refractivity contribution in [2.24, 2.45) is 0 Å². The number of halogens is 1. The maximum Gasteiger partial charge on any atom is 0.253 e. The highest BCUT2D eigenvalue weighted by atomic mass is 19.1. The van der Waals surface area contributed by atoms with Crippen LogP contribution in [0, 0.1) is 12.7 Å². The number of aromatic nitrogens is 3. The molecule has 5 rings (SSSR count). The van der Waals surface area contributed by atoms with Gasteiger partial charge in [0.05, 0.1) is 24.8 Å². The van der Waals surface area contributed by atoms with E-state index in [0.29, 0.717) is 30.8 Å². The van der Waals surface area contributed by atoms with E-state index >= 15 is 0 Å². The van der Waals surface area contributed by atoms with Gasteiger partial charge in [-0.05, 0) is 43.5 Å². The number of amides is 1. The van der Waals surface area contributed by atoms with E-state index < -0.39 is 0 Å². The SMILES string of the molecule is Cc1cc(C(=O)NCC(c2cccc(F)c2)N2CCOCC2)c2nc3n(c2n1)CCCCC3. The Kier molecular flexibility index (Phi) is 6.37. The van der Waals surface area contributed by atoms with Gasteiger partial charge in [0.15, 0.2) is 5.65 Å². The van der Waals surface area contributed by atoms with Crippen molar-refractivity contribution >= 4 is 17.1 Å². The predicted octanol–water partition coefficient (Wildman–Crippen LogP) is 3.41. The van der Waals surface area contributed by atoms with Crippen LogP contribution >= 0.6 is 0 Å². The first-order chi connectivity index (χ1) is 16.1. The van der Waals surface area contributed by atoms with Gasteiger partial charge in [-0.2, -0.15) is 0 Å². The molecule has 0 spiro atoms. The van der Waals surface area contributed by atoms with Gasteiger partial charge >= 0.3 is 0 Å². The summed E-state index contributed by atoms with van der Waals surface area (Å²) in [6.07, 6.45) is 4.31. The molecule has 2 aromatic heterocycles. The van der Waals surface area contributed by atoms with Gasteiger partial charge in [-0.15, -0.1) is 0 Å². The minimum atomic E-state index is -0.275. The highest BCUT2D eigenvalue weighted by molar-refractivity contribution is 6.04. The molecule has 3 aromatic rings. The molecule has 2 aliphatic rings. The fourth-order valence-electron chi connectivity index (χ4n) is 4.93. The smallest absolute Gasteiger partial charge is 0.253 e. The zero-order valence-electron chi connectivity index (χ0n) is 19.0. The Hall–Kier alpha value is -2.84. The number of nitrogens with zero attached hydrogens (tertiary/aromatic N) is 4. The van der Waals surface area contributed by atoms with Crippen LogP contribution in [0.25, 0.3) is 11.2 Å². The molecule has 0 bridgehead atoms. The minimum absolute atomic E-state index is 0.134. The largest absolute Gasteiger partial charge is 0.379 e. The Morgan fingerprint density at radius 1 is 1.15 bits per heavy atom. The van der Waals surface area contributed by atoms with Gasteiger partial charge in [0.25, 0.3) is 5.91 Å². The summed E-state index contributed by atoms with van der Waals surface area (Å²) in [6.45, 7) is 5.91. The van der Waals surface area contributed by atoms with E-state index in [1.165, 1.54) is 12.5 Å². The molecule has 33 heavy (non-hydrogen) atoms. The van der Waals surface area contributed by atoms with Gasteiger partial charge in [-0.1, -0.05) is 18.6 Å². The molecule has 1 amide bonds. The van der Waals surface area contributed by atoms with Gasteiger partial charge in [0.2, 0.25) is 0 Å². The van der Waals surface area contributed by atoms with Gasteiger partial charge in [-0.3, -0.25) is 9.69 Å². The summed E-state index contributed by atoms with van der Waals surface area (Å²) >= 11 is 0. The van der Waals surface area contributed by atoms with Gasteiger partial charge in [0, 0.05) is 38.3 Å². The monoisotopic (exact) mass is 451 g/mol. The zero-order chi connectivity index (χ0) is 22.8. The lowest BCUT2D eigenvalue weighted by atomic mass is 10.0. The number of hydrogen-bond donors (Lipinski definition) is 1. The number of pyridine rings is 1. The van der Waals surface area contributed by atoms with Crippen molar-refractivity contribution in [1.82, 2.24) is 24.8 Å². The number of hydrogen-bond acceptors (Lipinski definition) is 5. The van der Waals surface area contributed by atoms with E-state index in [2.05, 4.69) is 14.8 Å². The van der Waals surface area contributed by atoms with E-state index in [1.807, 2.05) is 19.1 Å². The van der Waals surface area contributed by atoms with Crippen molar-refractivity contribution in [2.75, 3.05) is 32.8 Å². The van der Waals surface area contributed by atoms with Crippen LogP contribution in [0.4, 0.5) is 4.39 Å². The molecule has 1 saturated heterocycles. The first-order valence-corrected chi connectivity index (χ1v) is 11.8. The summed E-state index contributed by atoms with van der Waals surface area (Å²) in [5, 5.41) is 3.11. The molecule has 1 unspecified atom stereocenters. The third-order valence-corrected chi connectivity index (χ3v) is 6.61. The number of morpholine rings is 1. The van der Waals surface area contributed by atoms with Gasteiger partial charge < -0.3 is 14.6 Å². The molecule has 7 nitrogen and oxygen atoms in total. The number of benzene rings is 1. The fourth-order valence-corrected chi connectivity index (χ4v) is 4.93. The van der Waals surface area contributed by atoms with Gasteiger partial charge in [-0.25, -0.2) is 14.4 Å². The first-order valence-electron chi connectivity index (χ1n) is 11.8. The molecule has 0 saturated carbocycles. The van der Waals surface area contributed by atoms with Crippen LogP contribution in [-0.4, -0.2) is 58.2 Å². The number of nitrogens with one attached hydrogen (secondary N) is 1. The molecular formula is C25H30FN5O2. The molecular weight excluding hydrogens is 421 g/mol. The van der Waals surface area contributed by atoms with E-state index in [9.17, 15) is 9.18 Å². The van der Waals surface area contributed by atoms with Crippen LogP contribution in [0.2, 0.25) is 0 Å². The van der Waals surface area contributed by atoms with Crippen molar-refractivity contribution in [3.05, 3.63) is 58.8 Å². The Bertz CT molecular complexity index is 1160. The molecule has 174 valence electrons. The normalized spacial score (nSPS) is 18.0. The summed E-state index contributed by atoms with van der Waals surface area (Å²) in [6, 6.07) is 8.30. The summed E-state index contributed by atoms with van der Waals surface area (Å²) in [4.78, 5) is 25.2. The Morgan fingerprint density at radius 2 is 2.00 bits per heavy atom. The minimum Gasteiger partial charge on any atom is -0.379 e. The molecule has 1 atom stereocenters. The van der Waals surface area contributed by atoms with Crippen LogP contribution in [0.1, 0.15) is 52.7 Å². The van der Waals surface area contributed by atoms with Crippen molar-refractivity contribution < 1.29 is 13.9 Å². The van der Waals surface area contributed by atoms with Crippen LogP contribution in [-0.2, 0) is 17.7 Å². The Balaban J connectivity index is 1.42. The Labute approximate surface area is 193 Å². The van der Waals surface area contributed by atoms with Crippen molar-refractivity contribution in [3.8, 4) is 0 Å². The second kappa shape index (κ2) is 9.57. The number of imidazole rings is 1. The van der Waals surface area contributed by atoms with Crippen LogP contribution < -0.4 is 5.32 Å². The molecule has 1 N–H and O–H groups in total. The third-order valence-electron chi connectivity index (χ3n) is 6.61. The summed E-state index contributed by atoms with van der Waals surface area (Å²) < 4.78 is 21.6. The zero-order valence-corrected chi connectivity index (χ0v) is 19.0. The Morgan fingerprint density at radius 3 is 2.82 bits per heavy atom. The molecule has 1 fully saturated rings. The van der Waals surface area contributed by atoms with E-state index in [4.69, 9.17) is 14.7 Å². The standard InChI is InChI=1S/C25H30FN5O2/c1-17-14-20(23-24(28-17)31-9-4-2-3-8-22(31)29-23)25(32)27-16-21(30-10-12-33-13-11-30)18-6-5-7-19(26)15-18/h5-7,14-15,21H,2-4,8-13,16H2,1H3,(H,27,32). The fraction of sp³-hybridized carbons (Fsp3) is 0.480. The third kappa shape index (κ3) is 4.63. The van der Waals surface area contributed by atoms with Crippen LogP contribution in [0.5, 0.6) is 0 Å². The topological polar surface area (TPSA) is 72.3 Å². The lowest BCUT2D eigenvalue weighted by molar-refractivity contribution is 0.0162. The maximum absolute atomic E-state index is 14.0. The van der Waals surface area contributed by atoms with Crippen molar-refractivity contribution in [1.29, 1.82) is 0 Å². The number of carbonyl (C=O) groups is 1. The predicted molar refractivity (Wildman–Crippen MR) is 124 cm³/mol. The maximum atomic E-state index is 14.0. The highest BCUT2D eigenvalue weighted by Gasteiger charge is 2.25. The highest BCUT2D eigenvalue weighted by Crippen LogP contribution is 2.25. The number of aryl methyl sites for hydroxylation is 3. The number of carbonyl (C=O) groups excluding carboxylic acids is 1.